The van der Waals surface area contributed by atoms with E-state index in [0.29, 0.717) is 32.6 Å². The van der Waals surface area contributed by atoms with E-state index in [4.69, 9.17) is 23.2 Å². The van der Waals surface area contributed by atoms with E-state index in [2.05, 4.69) is 9.97 Å². The van der Waals surface area contributed by atoms with Gasteiger partial charge in [-0.25, -0.2) is 4.79 Å². The molecule has 26 heavy (non-hydrogen) atoms. The summed E-state index contributed by atoms with van der Waals surface area (Å²) in [5.74, 6) is 0.532. The first kappa shape index (κ1) is 16.9. The van der Waals surface area contributed by atoms with Crippen molar-refractivity contribution < 1.29 is 0 Å². The summed E-state index contributed by atoms with van der Waals surface area (Å²) in [6.45, 7) is 3.85. The van der Waals surface area contributed by atoms with Crippen LogP contribution in [-0.4, -0.2) is 23.5 Å². The van der Waals surface area contributed by atoms with Gasteiger partial charge in [-0.1, -0.05) is 29.3 Å². The van der Waals surface area contributed by atoms with Crippen LogP contribution in [0, 0.1) is 13.8 Å². The zero-order chi connectivity index (χ0) is 18.7. The molecule has 0 unspecified atom stereocenters. The van der Waals surface area contributed by atoms with Gasteiger partial charge in [0.05, 0.1) is 6.54 Å². The average Bonchev–Trinajstić information content (AvgIpc) is 3.08. The van der Waals surface area contributed by atoms with Crippen LogP contribution in [0.15, 0.2) is 27.8 Å². The molecular formula is C17H15Cl2N5O2. The number of imidazole rings is 2. The molecule has 0 aliphatic carbocycles. The maximum atomic E-state index is 13.1. The van der Waals surface area contributed by atoms with Crippen molar-refractivity contribution in [1.82, 2.24) is 23.5 Å². The van der Waals surface area contributed by atoms with Crippen LogP contribution in [0.2, 0.25) is 10.0 Å². The summed E-state index contributed by atoms with van der Waals surface area (Å²) in [6.07, 6.45) is 0. The second-order valence-electron chi connectivity index (χ2n) is 6.25. The van der Waals surface area contributed by atoms with E-state index in [-0.39, 0.29) is 6.54 Å². The minimum atomic E-state index is -0.455. The van der Waals surface area contributed by atoms with Crippen LogP contribution >= 0.6 is 23.2 Å². The molecule has 0 fully saturated rings. The summed E-state index contributed by atoms with van der Waals surface area (Å²) in [5.41, 5.74) is 2.25. The predicted octanol–water partition coefficient (Wildman–Crippen LogP) is 2.65. The van der Waals surface area contributed by atoms with Crippen molar-refractivity contribution >= 4 is 40.1 Å². The number of aromatic nitrogens is 5. The van der Waals surface area contributed by atoms with Gasteiger partial charge in [0.2, 0.25) is 5.78 Å². The van der Waals surface area contributed by atoms with Crippen molar-refractivity contribution in [3.8, 4) is 0 Å². The summed E-state index contributed by atoms with van der Waals surface area (Å²) in [6, 6.07) is 4.97. The summed E-state index contributed by atoms with van der Waals surface area (Å²) < 4.78 is 4.27. The first-order chi connectivity index (χ1) is 12.3. The van der Waals surface area contributed by atoms with Gasteiger partial charge in [0, 0.05) is 28.5 Å². The van der Waals surface area contributed by atoms with Gasteiger partial charge < -0.3 is 4.98 Å². The highest BCUT2D eigenvalue weighted by molar-refractivity contribution is 6.35. The van der Waals surface area contributed by atoms with E-state index in [1.165, 1.54) is 4.57 Å². The van der Waals surface area contributed by atoms with E-state index in [9.17, 15) is 9.59 Å². The van der Waals surface area contributed by atoms with E-state index < -0.39 is 11.2 Å². The Balaban J connectivity index is 2.05. The standard InChI is InChI=1S/C17H15Cl2N5O2/c1-8-9(2)24-13-14(21-16(24)20-8)22(3)17(26)23(15(13)25)7-10-4-5-11(18)6-12(10)19/h4-6H,7H2,1-3H3,(H,20,21). The fourth-order valence-electron chi connectivity index (χ4n) is 3.12. The van der Waals surface area contributed by atoms with Crippen LogP contribution in [0.5, 0.6) is 0 Å². The number of rotatable bonds is 2. The largest absolute Gasteiger partial charge is 0.332 e. The van der Waals surface area contributed by atoms with Gasteiger partial charge in [0.15, 0.2) is 11.2 Å². The van der Waals surface area contributed by atoms with Crippen LogP contribution in [-0.2, 0) is 13.6 Å². The van der Waals surface area contributed by atoms with Crippen LogP contribution in [0.25, 0.3) is 16.9 Å². The molecule has 134 valence electrons. The Morgan fingerprint density at radius 3 is 2.62 bits per heavy atom. The molecule has 0 spiro atoms. The third-order valence-electron chi connectivity index (χ3n) is 4.66. The fourth-order valence-corrected chi connectivity index (χ4v) is 3.58. The monoisotopic (exact) mass is 391 g/mol. The summed E-state index contributed by atoms with van der Waals surface area (Å²) in [5, 5.41) is 0.893. The Morgan fingerprint density at radius 2 is 1.92 bits per heavy atom. The molecule has 9 heteroatoms. The Labute approximate surface area is 157 Å². The van der Waals surface area contributed by atoms with E-state index in [1.54, 1.807) is 29.6 Å². The van der Waals surface area contributed by atoms with Gasteiger partial charge in [-0.2, -0.15) is 4.98 Å². The first-order valence-corrected chi connectivity index (χ1v) is 8.66. The number of nitrogens with one attached hydrogen (secondary N) is 1. The van der Waals surface area contributed by atoms with Gasteiger partial charge in [0.25, 0.3) is 5.56 Å². The highest BCUT2D eigenvalue weighted by Gasteiger charge is 2.20. The topological polar surface area (TPSA) is 77.1 Å². The number of aryl methyl sites for hydroxylation is 3. The summed E-state index contributed by atoms with van der Waals surface area (Å²) >= 11 is 12.1. The number of halogens is 2. The molecule has 0 aliphatic heterocycles. The molecule has 7 nitrogen and oxygen atoms in total. The van der Waals surface area contributed by atoms with Crippen molar-refractivity contribution in [2.75, 3.05) is 0 Å². The number of aromatic amines is 1. The summed E-state index contributed by atoms with van der Waals surface area (Å²) in [7, 11) is 1.60. The number of fused-ring (bicyclic) bond motifs is 3. The second-order valence-corrected chi connectivity index (χ2v) is 7.09. The molecule has 4 aromatic rings. The van der Waals surface area contributed by atoms with Crippen LogP contribution in [0.1, 0.15) is 17.0 Å². The van der Waals surface area contributed by atoms with Gasteiger partial charge in [-0.05, 0) is 31.5 Å². The third-order valence-corrected chi connectivity index (χ3v) is 5.25. The Kier molecular flexibility index (Phi) is 3.75. The number of nitrogens with zero attached hydrogens (tertiary/aromatic N) is 4. The van der Waals surface area contributed by atoms with Gasteiger partial charge in [-0.15, -0.1) is 0 Å². The molecule has 4 rings (SSSR count). The third kappa shape index (κ3) is 2.31. The number of benzene rings is 1. The molecule has 0 radical (unpaired) electrons. The van der Waals surface area contributed by atoms with Gasteiger partial charge in [0.1, 0.15) is 0 Å². The lowest BCUT2D eigenvalue weighted by atomic mass is 10.2. The minimum absolute atomic E-state index is 0.0487. The minimum Gasteiger partial charge on any atom is -0.327 e. The average molecular weight is 392 g/mol. The normalized spacial score (nSPS) is 11.7. The number of H-pyrrole nitrogens is 1. The number of hydrogen-bond acceptors (Lipinski definition) is 3. The predicted molar refractivity (Wildman–Crippen MR) is 102 cm³/mol. The Bertz CT molecular complexity index is 1310. The lowest BCUT2D eigenvalue weighted by molar-refractivity contribution is 0.656. The lowest BCUT2D eigenvalue weighted by Gasteiger charge is -2.10. The number of hydrogen-bond donors (Lipinski definition) is 1. The Hall–Kier alpha value is -2.51. The molecule has 0 aliphatic rings. The van der Waals surface area contributed by atoms with E-state index in [1.807, 2.05) is 13.8 Å². The maximum Gasteiger partial charge on any atom is 0.332 e. The van der Waals surface area contributed by atoms with Crippen LogP contribution in [0.3, 0.4) is 0 Å². The van der Waals surface area contributed by atoms with Crippen molar-refractivity contribution in [2.24, 2.45) is 7.05 Å². The van der Waals surface area contributed by atoms with Crippen molar-refractivity contribution in [3.05, 3.63) is 66.0 Å². The van der Waals surface area contributed by atoms with E-state index in [0.717, 1.165) is 16.0 Å². The van der Waals surface area contributed by atoms with Crippen LogP contribution < -0.4 is 11.2 Å². The molecule has 0 saturated carbocycles. The summed E-state index contributed by atoms with van der Waals surface area (Å²) in [4.78, 5) is 33.4. The molecule has 1 N–H and O–H groups in total. The van der Waals surface area contributed by atoms with Crippen molar-refractivity contribution in [3.63, 3.8) is 0 Å². The van der Waals surface area contributed by atoms with Crippen molar-refractivity contribution in [2.45, 2.75) is 20.4 Å². The van der Waals surface area contributed by atoms with E-state index >= 15 is 0 Å². The molecule has 3 heterocycles. The first-order valence-electron chi connectivity index (χ1n) is 7.90. The zero-order valence-electron chi connectivity index (χ0n) is 14.3. The van der Waals surface area contributed by atoms with Gasteiger partial charge >= 0.3 is 5.69 Å². The fraction of sp³-hybridized carbons (Fsp3) is 0.235. The van der Waals surface area contributed by atoms with Gasteiger partial charge in [-0.3, -0.25) is 18.3 Å². The lowest BCUT2D eigenvalue weighted by Crippen LogP contribution is -2.39. The Morgan fingerprint density at radius 1 is 1.19 bits per heavy atom. The highest BCUT2D eigenvalue weighted by atomic mass is 35.5. The van der Waals surface area contributed by atoms with Crippen molar-refractivity contribution in [1.29, 1.82) is 0 Å². The molecule has 1 aromatic carbocycles. The molecule has 3 aromatic heterocycles. The SMILES string of the molecule is Cc1[nH]c2nc3c(c(=O)n(Cc4ccc(Cl)cc4Cl)c(=O)n3C)n2c1C. The maximum absolute atomic E-state index is 13.1. The highest BCUT2D eigenvalue weighted by Crippen LogP contribution is 2.21. The molecule has 0 atom stereocenters. The molecule has 0 bridgehead atoms. The quantitative estimate of drug-likeness (QED) is 0.570. The molecule has 0 amide bonds. The smallest absolute Gasteiger partial charge is 0.327 e. The van der Waals surface area contributed by atoms with Crippen LogP contribution in [0.4, 0.5) is 0 Å². The second kappa shape index (κ2) is 5.75. The molecule has 0 saturated heterocycles. The zero-order valence-corrected chi connectivity index (χ0v) is 15.8. The molecular weight excluding hydrogens is 377 g/mol.